The van der Waals surface area contributed by atoms with E-state index in [1.165, 1.54) is 0 Å². The van der Waals surface area contributed by atoms with Gasteiger partial charge in [-0.05, 0) is 59.7 Å². The van der Waals surface area contributed by atoms with Crippen molar-refractivity contribution in [2.24, 2.45) is 0 Å². The fourth-order valence-electron chi connectivity index (χ4n) is 7.31. The second kappa shape index (κ2) is 9.31. The minimum atomic E-state index is -1.16. The van der Waals surface area contributed by atoms with Gasteiger partial charge < -0.3 is 21.3 Å². The quantitative estimate of drug-likeness (QED) is 0.145. The number of hydrogen-bond donors (Lipinski definition) is 4. The number of hydrogen-bond acceptors (Lipinski definition) is 7. The Kier molecular flexibility index (Phi) is 5.88. The molecule has 4 N–H and O–H groups in total. The third kappa shape index (κ3) is 3.55. The van der Waals surface area contributed by atoms with E-state index in [0.29, 0.717) is 11.1 Å². The molecule has 0 amide bonds. The first-order valence-electron chi connectivity index (χ1n) is 15.1. The lowest BCUT2D eigenvalue weighted by Gasteiger charge is -2.42. The number of Topliss-reactive ketones (excluding diaryl/α,β-unsaturated/α-hetero) is 3. The van der Waals surface area contributed by atoms with Crippen LogP contribution in [0.2, 0.25) is 0 Å². The molecule has 3 aliphatic rings. The average Bonchev–Trinajstić information content (AvgIpc) is 3.24. The zero-order valence-corrected chi connectivity index (χ0v) is 24.5. The van der Waals surface area contributed by atoms with Crippen LogP contribution in [0.1, 0.15) is 76.3 Å². The molecular weight excluding hydrogens is 524 g/mol. The number of anilines is 4. The van der Waals surface area contributed by atoms with Gasteiger partial charge in [0.1, 0.15) is 23.2 Å². The maximum Gasteiger partial charge on any atom is 0.214 e. The monoisotopic (exact) mass is 560 g/mol. The van der Waals surface area contributed by atoms with Crippen molar-refractivity contribution in [3.63, 3.8) is 0 Å². The molecule has 7 nitrogen and oxygen atoms in total. The molecular formula is C35H36N4O3. The third-order valence-corrected chi connectivity index (χ3v) is 10.0. The van der Waals surface area contributed by atoms with E-state index < -0.39 is 34.7 Å². The molecule has 2 unspecified atom stereocenters. The van der Waals surface area contributed by atoms with Crippen LogP contribution in [0.4, 0.5) is 22.7 Å². The van der Waals surface area contributed by atoms with Crippen molar-refractivity contribution in [1.29, 1.82) is 0 Å². The van der Waals surface area contributed by atoms with Gasteiger partial charge >= 0.3 is 0 Å². The molecule has 1 fully saturated rings. The predicted octanol–water partition coefficient (Wildman–Crippen LogP) is 7.29. The molecule has 4 aromatic rings. The van der Waals surface area contributed by atoms with E-state index in [1.54, 1.807) is 0 Å². The zero-order valence-electron chi connectivity index (χ0n) is 24.5. The molecule has 214 valence electrons. The van der Waals surface area contributed by atoms with Crippen molar-refractivity contribution in [3.8, 4) is 0 Å². The number of rotatable bonds is 6. The molecule has 7 heteroatoms. The molecule has 7 rings (SSSR count). The lowest BCUT2D eigenvalue weighted by molar-refractivity contribution is -0.135. The van der Waals surface area contributed by atoms with Crippen LogP contribution in [0.25, 0.3) is 21.5 Å². The molecule has 0 saturated heterocycles. The second-order valence-corrected chi connectivity index (χ2v) is 11.9. The minimum absolute atomic E-state index is 0.357. The molecule has 0 bridgehead atoms. The molecule has 0 aromatic heterocycles. The van der Waals surface area contributed by atoms with Gasteiger partial charge in [-0.2, -0.15) is 0 Å². The van der Waals surface area contributed by atoms with Gasteiger partial charge in [0, 0.05) is 22.1 Å². The van der Waals surface area contributed by atoms with E-state index in [-0.39, 0.29) is 5.78 Å². The maximum absolute atomic E-state index is 14.4. The SMILES string of the molecule is CCC1(CC)Nc2cccc3ccc(C4C(=O)C(=O)C(c5ccc6cccc7c6c5NC(CC)(CC)N7)C4=O)c(c23)N1. The standard InChI is InChI=1S/C35H36N4O3/c1-5-34(6-2)36-23-13-9-11-19-15-17-21(29(38-34)25(19)23)27-31(40)28(33(42)32(27)41)22-18-16-20-12-10-14-24-26(20)30(22)39-35(7-3,8-4)37-24/h9-18,27-28,36-39H,5-8H2,1-4H3. The largest absolute Gasteiger partial charge is 0.362 e. The number of nitrogens with one attached hydrogen (secondary N) is 4. The van der Waals surface area contributed by atoms with Crippen molar-refractivity contribution in [2.45, 2.75) is 76.5 Å². The fourth-order valence-corrected chi connectivity index (χ4v) is 7.31. The lowest BCUT2D eigenvalue weighted by atomic mass is 9.84. The molecule has 2 aliphatic heterocycles. The normalized spacial score (nSPS) is 21.6. The fraction of sp³-hybridized carbons (Fsp3) is 0.343. The Morgan fingerprint density at radius 3 is 1.33 bits per heavy atom. The Morgan fingerprint density at radius 1 is 0.548 bits per heavy atom. The lowest BCUT2D eigenvalue weighted by Crippen LogP contribution is -2.47. The second-order valence-electron chi connectivity index (χ2n) is 11.9. The number of carbonyl (C=O) groups is 3. The first kappa shape index (κ1) is 26.5. The van der Waals surface area contributed by atoms with Gasteiger partial charge in [-0.15, -0.1) is 0 Å². The summed E-state index contributed by atoms with van der Waals surface area (Å²) in [6.45, 7) is 8.43. The molecule has 42 heavy (non-hydrogen) atoms. The van der Waals surface area contributed by atoms with Gasteiger partial charge in [0.25, 0.3) is 0 Å². The van der Waals surface area contributed by atoms with E-state index >= 15 is 0 Å². The van der Waals surface area contributed by atoms with Gasteiger partial charge in [0.2, 0.25) is 11.6 Å². The highest BCUT2D eigenvalue weighted by Gasteiger charge is 2.52. The van der Waals surface area contributed by atoms with Crippen molar-refractivity contribution < 1.29 is 14.4 Å². The summed E-state index contributed by atoms with van der Waals surface area (Å²) in [6.07, 6.45) is 3.17. The molecule has 4 aromatic carbocycles. The van der Waals surface area contributed by atoms with E-state index in [0.717, 1.165) is 70.0 Å². The van der Waals surface area contributed by atoms with E-state index in [9.17, 15) is 14.4 Å². The van der Waals surface area contributed by atoms with Crippen molar-refractivity contribution in [3.05, 3.63) is 71.8 Å². The van der Waals surface area contributed by atoms with Crippen LogP contribution in [0.3, 0.4) is 0 Å². The Bertz CT molecular complexity index is 1690. The first-order valence-corrected chi connectivity index (χ1v) is 15.1. The molecule has 1 saturated carbocycles. The summed E-state index contributed by atoms with van der Waals surface area (Å²) in [4.78, 5) is 42.1. The summed E-state index contributed by atoms with van der Waals surface area (Å²) in [5.41, 5.74) is 3.77. The van der Waals surface area contributed by atoms with E-state index in [2.05, 4.69) is 49.0 Å². The zero-order chi connectivity index (χ0) is 29.4. The average molecular weight is 561 g/mol. The van der Waals surface area contributed by atoms with E-state index in [4.69, 9.17) is 0 Å². The summed E-state index contributed by atoms with van der Waals surface area (Å²) in [7, 11) is 0. The summed E-state index contributed by atoms with van der Waals surface area (Å²) in [5.74, 6) is -3.94. The van der Waals surface area contributed by atoms with Crippen LogP contribution in [-0.4, -0.2) is 28.7 Å². The Labute approximate surface area is 245 Å². The number of ketones is 3. The summed E-state index contributed by atoms with van der Waals surface area (Å²) >= 11 is 0. The first-order chi connectivity index (χ1) is 20.3. The van der Waals surface area contributed by atoms with Gasteiger partial charge in [0.15, 0.2) is 5.78 Å². The Morgan fingerprint density at radius 2 is 0.952 bits per heavy atom. The van der Waals surface area contributed by atoms with Crippen molar-refractivity contribution in [2.75, 3.05) is 21.3 Å². The van der Waals surface area contributed by atoms with Crippen molar-refractivity contribution in [1.82, 2.24) is 0 Å². The predicted molar refractivity (Wildman–Crippen MR) is 170 cm³/mol. The maximum atomic E-state index is 14.4. The highest BCUT2D eigenvalue weighted by atomic mass is 16.2. The Balaban J connectivity index is 1.39. The smallest absolute Gasteiger partial charge is 0.214 e. The van der Waals surface area contributed by atoms with Crippen LogP contribution in [0.5, 0.6) is 0 Å². The number of benzene rings is 4. The molecule has 1 aliphatic carbocycles. The van der Waals surface area contributed by atoms with Gasteiger partial charge in [0.05, 0.1) is 11.4 Å². The molecule has 0 spiro atoms. The van der Waals surface area contributed by atoms with Crippen LogP contribution >= 0.6 is 0 Å². The molecule has 2 atom stereocenters. The van der Waals surface area contributed by atoms with E-state index in [1.807, 2.05) is 60.7 Å². The third-order valence-electron chi connectivity index (χ3n) is 10.0. The van der Waals surface area contributed by atoms with Gasteiger partial charge in [-0.1, -0.05) is 76.2 Å². The molecule has 0 radical (unpaired) electrons. The van der Waals surface area contributed by atoms with Crippen LogP contribution < -0.4 is 21.3 Å². The summed E-state index contributed by atoms with van der Waals surface area (Å²) in [5, 5.41) is 18.6. The van der Waals surface area contributed by atoms with Crippen molar-refractivity contribution >= 4 is 61.6 Å². The van der Waals surface area contributed by atoms with Crippen LogP contribution in [0.15, 0.2) is 60.7 Å². The van der Waals surface area contributed by atoms with Gasteiger partial charge in [-0.25, -0.2) is 0 Å². The highest BCUT2D eigenvalue weighted by Crippen LogP contribution is 2.50. The van der Waals surface area contributed by atoms with Crippen LogP contribution in [-0.2, 0) is 14.4 Å². The summed E-state index contributed by atoms with van der Waals surface area (Å²) < 4.78 is 0. The minimum Gasteiger partial charge on any atom is -0.362 e. The highest BCUT2D eigenvalue weighted by molar-refractivity contribution is 6.55. The topological polar surface area (TPSA) is 99.3 Å². The molecule has 2 heterocycles. The summed E-state index contributed by atoms with van der Waals surface area (Å²) in [6, 6.07) is 19.7. The number of carbonyl (C=O) groups excluding carboxylic acids is 3. The van der Waals surface area contributed by atoms with Crippen LogP contribution in [0, 0.1) is 0 Å². The Hall–Kier alpha value is -4.39. The van der Waals surface area contributed by atoms with Gasteiger partial charge in [-0.3, -0.25) is 14.4 Å².